The molecule has 0 saturated carbocycles. The SMILES string of the molecule is O=C([O-])CC(C(=O)O[SH](=O)=O)S(=O)(=O)O.[Na+]. The third kappa shape index (κ3) is 7.14. The fourth-order valence-corrected chi connectivity index (χ4v) is 1.58. The van der Waals surface area contributed by atoms with E-state index in [0.29, 0.717) is 0 Å². The van der Waals surface area contributed by atoms with Gasteiger partial charge in [-0.2, -0.15) is 16.8 Å². The minimum atomic E-state index is -5.07. The van der Waals surface area contributed by atoms with Crippen molar-refractivity contribution in [3.8, 4) is 0 Å². The summed E-state index contributed by atoms with van der Waals surface area (Å²) in [5.41, 5.74) is 0. The molecule has 0 fully saturated rings. The average molecular weight is 284 g/mol. The van der Waals surface area contributed by atoms with Crippen molar-refractivity contribution in [2.75, 3.05) is 0 Å². The van der Waals surface area contributed by atoms with Gasteiger partial charge in [0.2, 0.25) is 0 Å². The maximum Gasteiger partial charge on any atom is 1.00 e. The van der Waals surface area contributed by atoms with Crippen LogP contribution in [0.5, 0.6) is 0 Å². The van der Waals surface area contributed by atoms with E-state index in [2.05, 4.69) is 4.18 Å². The van der Waals surface area contributed by atoms with Gasteiger partial charge >= 0.3 is 46.5 Å². The van der Waals surface area contributed by atoms with Crippen LogP contribution >= 0.6 is 0 Å². The first-order chi connectivity index (χ1) is 6.64. The Labute approximate surface area is 114 Å². The minimum Gasteiger partial charge on any atom is -0.550 e. The molecule has 1 unspecified atom stereocenters. The van der Waals surface area contributed by atoms with Gasteiger partial charge in [0.1, 0.15) is 0 Å². The second-order valence-corrected chi connectivity index (χ2v) is 4.44. The van der Waals surface area contributed by atoms with Crippen LogP contribution in [0.3, 0.4) is 0 Å². The van der Waals surface area contributed by atoms with E-state index in [-0.39, 0.29) is 29.6 Å². The molecule has 0 bridgehead atoms. The molecule has 0 aliphatic heterocycles. The summed E-state index contributed by atoms with van der Waals surface area (Å²) in [5, 5.41) is 7.48. The maximum atomic E-state index is 10.7. The molecule has 0 aliphatic carbocycles. The normalized spacial score (nSPS) is 12.6. The maximum absolute atomic E-state index is 10.7. The zero-order chi connectivity index (χ0) is 12.2. The minimum absolute atomic E-state index is 0. The van der Waals surface area contributed by atoms with Crippen LogP contribution < -0.4 is 34.7 Å². The molecule has 0 rings (SSSR count). The van der Waals surface area contributed by atoms with Gasteiger partial charge in [-0.05, 0) is 0 Å². The molecule has 0 heterocycles. The number of hydrogen-bond acceptors (Lipinski definition) is 8. The summed E-state index contributed by atoms with van der Waals surface area (Å²) in [4.78, 5) is 20.7. The molecule has 1 atom stereocenters. The molecule has 0 spiro atoms. The Morgan fingerprint density at radius 1 is 1.38 bits per heavy atom. The fourth-order valence-electron chi connectivity index (χ4n) is 0.594. The predicted octanol–water partition coefficient (Wildman–Crippen LogP) is -6.54. The van der Waals surface area contributed by atoms with E-state index < -0.39 is 44.7 Å². The quantitative estimate of drug-likeness (QED) is 0.284. The molecular formula is C4H5NaO9S2. The van der Waals surface area contributed by atoms with Gasteiger partial charge < -0.3 is 14.1 Å². The van der Waals surface area contributed by atoms with Crippen LogP contribution in [0.15, 0.2) is 0 Å². The predicted molar refractivity (Wildman–Crippen MR) is 41.4 cm³/mol. The van der Waals surface area contributed by atoms with Crippen LogP contribution in [0.25, 0.3) is 0 Å². The van der Waals surface area contributed by atoms with E-state index in [1.807, 2.05) is 0 Å². The summed E-state index contributed by atoms with van der Waals surface area (Å²) in [5.74, 6) is -3.87. The Bertz CT molecular complexity index is 426. The van der Waals surface area contributed by atoms with Gasteiger partial charge in [0, 0.05) is 12.4 Å². The number of aliphatic carboxylic acids is 1. The Hall–Kier alpha value is -0.200. The summed E-state index contributed by atoms with van der Waals surface area (Å²) >= 11 is 0. The molecule has 1 N–H and O–H groups in total. The summed E-state index contributed by atoms with van der Waals surface area (Å²) < 4.78 is 52.5. The van der Waals surface area contributed by atoms with Crippen molar-refractivity contribution in [3.63, 3.8) is 0 Å². The molecule has 0 aromatic rings. The summed E-state index contributed by atoms with van der Waals surface area (Å²) in [7, 11) is -8.75. The molecule has 9 nitrogen and oxygen atoms in total. The van der Waals surface area contributed by atoms with Crippen LogP contribution in [0.4, 0.5) is 0 Å². The molecule has 16 heavy (non-hydrogen) atoms. The van der Waals surface area contributed by atoms with Crippen LogP contribution in [0, 0.1) is 0 Å². The zero-order valence-corrected chi connectivity index (χ0v) is 11.6. The van der Waals surface area contributed by atoms with Gasteiger partial charge in [0.05, 0.1) is 0 Å². The summed E-state index contributed by atoms with van der Waals surface area (Å²) in [6, 6.07) is 0. The fraction of sp³-hybridized carbons (Fsp3) is 0.500. The van der Waals surface area contributed by atoms with Gasteiger partial charge in [-0.15, -0.1) is 0 Å². The van der Waals surface area contributed by atoms with Crippen molar-refractivity contribution in [1.29, 1.82) is 0 Å². The number of carbonyl (C=O) groups is 2. The summed E-state index contributed by atoms with van der Waals surface area (Å²) in [6.07, 6.45) is -1.40. The van der Waals surface area contributed by atoms with E-state index in [9.17, 15) is 31.5 Å². The monoisotopic (exact) mass is 284 g/mol. The number of carboxylic acid groups (broad SMARTS) is 1. The Morgan fingerprint density at radius 3 is 2.06 bits per heavy atom. The molecular weight excluding hydrogens is 279 g/mol. The summed E-state index contributed by atoms with van der Waals surface area (Å²) in [6.45, 7) is 0. The van der Waals surface area contributed by atoms with Crippen molar-refractivity contribution in [2.45, 2.75) is 11.7 Å². The number of hydrogen-bond donors (Lipinski definition) is 2. The van der Waals surface area contributed by atoms with Crippen molar-refractivity contribution in [3.05, 3.63) is 0 Å². The van der Waals surface area contributed by atoms with Crippen molar-refractivity contribution < 1.29 is 69.8 Å². The molecule has 88 valence electrons. The first kappa shape index (κ1) is 18.2. The van der Waals surface area contributed by atoms with Gasteiger partial charge in [0.15, 0.2) is 5.25 Å². The second kappa shape index (κ2) is 7.19. The smallest absolute Gasteiger partial charge is 0.550 e. The van der Waals surface area contributed by atoms with Crippen LogP contribution in [-0.4, -0.2) is 38.6 Å². The van der Waals surface area contributed by atoms with E-state index in [4.69, 9.17) is 4.55 Å². The molecule has 0 amide bonds. The average Bonchev–Trinajstić information content (AvgIpc) is 1.95. The number of rotatable bonds is 5. The number of carboxylic acids is 1. The Morgan fingerprint density at radius 2 is 1.81 bits per heavy atom. The third-order valence-corrected chi connectivity index (χ3v) is 2.55. The molecule has 12 heteroatoms. The van der Waals surface area contributed by atoms with Crippen molar-refractivity contribution >= 4 is 33.0 Å². The zero-order valence-electron chi connectivity index (χ0n) is 7.85. The molecule has 0 saturated heterocycles. The topological polar surface area (TPSA) is 155 Å². The van der Waals surface area contributed by atoms with Crippen LogP contribution in [0.1, 0.15) is 6.42 Å². The Balaban J connectivity index is 0. The van der Waals surface area contributed by atoms with Gasteiger partial charge in [0.25, 0.3) is 10.1 Å². The number of thiol groups is 1. The van der Waals surface area contributed by atoms with Crippen molar-refractivity contribution in [2.24, 2.45) is 0 Å². The molecule has 0 aliphatic rings. The molecule has 0 aromatic carbocycles. The largest absolute Gasteiger partial charge is 1.00 e. The van der Waals surface area contributed by atoms with E-state index in [1.165, 1.54) is 0 Å². The molecule has 0 radical (unpaired) electrons. The Kier molecular flexibility index (Phi) is 8.17. The second-order valence-electron chi connectivity index (χ2n) is 2.21. The van der Waals surface area contributed by atoms with Gasteiger partial charge in [-0.3, -0.25) is 4.55 Å². The molecule has 0 aromatic heterocycles. The van der Waals surface area contributed by atoms with E-state index in [1.54, 1.807) is 0 Å². The first-order valence-electron chi connectivity index (χ1n) is 3.17. The van der Waals surface area contributed by atoms with E-state index >= 15 is 0 Å². The van der Waals surface area contributed by atoms with Gasteiger partial charge in [-0.25, -0.2) is 4.79 Å². The van der Waals surface area contributed by atoms with Crippen LogP contribution in [-0.2, 0) is 34.9 Å². The first-order valence-corrected chi connectivity index (χ1v) is 5.76. The number of carbonyl (C=O) groups excluding carboxylic acids is 2. The van der Waals surface area contributed by atoms with Crippen molar-refractivity contribution in [1.82, 2.24) is 0 Å². The van der Waals surface area contributed by atoms with E-state index in [0.717, 1.165) is 0 Å². The third-order valence-electron chi connectivity index (χ3n) is 1.14. The standard InChI is InChI=1S/C4H6O9S2.Na/c5-3(6)1-2(15(10,11)12)4(7)13-14(8)9;/h2,14H,1H2,(H,5,6)(H,10,11,12);/q;+1/p-1. The van der Waals surface area contributed by atoms with Gasteiger partial charge in [-0.1, -0.05) is 0 Å². The van der Waals surface area contributed by atoms with Crippen LogP contribution in [0.2, 0.25) is 0 Å².